The van der Waals surface area contributed by atoms with Crippen LogP contribution in [0.1, 0.15) is 25.3 Å². The van der Waals surface area contributed by atoms with E-state index < -0.39 is 0 Å². The molecular formula is C15H22N2O2. The van der Waals surface area contributed by atoms with E-state index in [1.165, 1.54) is 5.56 Å². The number of carbonyl (C=O) groups excluding carboxylic acids is 1. The maximum Gasteiger partial charge on any atom is 0.229 e. The molecule has 1 heterocycles. The van der Waals surface area contributed by atoms with Crippen molar-refractivity contribution in [1.29, 1.82) is 0 Å². The number of rotatable bonds is 6. The van der Waals surface area contributed by atoms with Gasteiger partial charge in [-0.2, -0.15) is 0 Å². The Labute approximate surface area is 114 Å². The average Bonchev–Trinajstić information content (AvgIpc) is 2.93. The third kappa shape index (κ3) is 4.33. The number of hydrogen-bond donors (Lipinski definition) is 2. The molecule has 1 unspecified atom stereocenters. The Bertz CT molecular complexity index is 414. The minimum atomic E-state index is 0.00173. The van der Waals surface area contributed by atoms with Crippen LogP contribution in [0.15, 0.2) is 24.3 Å². The molecule has 4 nitrogen and oxygen atoms in total. The monoisotopic (exact) mass is 262 g/mol. The molecule has 1 atom stereocenters. The summed E-state index contributed by atoms with van der Waals surface area (Å²) in [5, 5.41) is 6.32. The number of carbonyl (C=O) groups is 1. The van der Waals surface area contributed by atoms with Gasteiger partial charge in [0.05, 0.1) is 12.5 Å². The van der Waals surface area contributed by atoms with E-state index in [0.29, 0.717) is 13.2 Å². The second-order valence-corrected chi connectivity index (χ2v) is 4.93. The van der Waals surface area contributed by atoms with Crippen LogP contribution in [0.3, 0.4) is 0 Å². The lowest BCUT2D eigenvalue weighted by atomic mass is 10.1. The van der Waals surface area contributed by atoms with E-state index in [-0.39, 0.29) is 11.8 Å². The molecule has 1 amide bonds. The lowest BCUT2D eigenvalue weighted by molar-refractivity contribution is -0.119. The summed E-state index contributed by atoms with van der Waals surface area (Å²) in [5.41, 5.74) is 2.06. The van der Waals surface area contributed by atoms with Crippen LogP contribution in [0.4, 0.5) is 5.69 Å². The zero-order valence-electron chi connectivity index (χ0n) is 11.4. The minimum Gasteiger partial charge on any atom is -0.381 e. The van der Waals surface area contributed by atoms with Gasteiger partial charge < -0.3 is 15.4 Å². The van der Waals surface area contributed by atoms with Crippen LogP contribution in [0.2, 0.25) is 0 Å². The highest BCUT2D eigenvalue weighted by molar-refractivity contribution is 5.92. The van der Waals surface area contributed by atoms with Crippen LogP contribution in [0, 0.1) is 5.92 Å². The first kappa shape index (κ1) is 14.0. The van der Waals surface area contributed by atoms with Crippen molar-refractivity contribution in [2.24, 2.45) is 5.92 Å². The van der Waals surface area contributed by atoms with Gasteiger partial charge in [0.2, 0.25) is 5.91 Å². The number of hydrogen-bond acceptors (Lipinski definition) is 3. The quantitative estimate of drug-likeness (QED) is 0.772. The molecule has 2 N–H and O–H groups in total. The summed E-state index contributed by atoms with van der Waals surface area (Å²) < 4.78 is 5.23. The van der Waals surface area contributed by atoms with Gasteiger partial charge >= 0.3 is 0 Å². The average molecular weight is 262 g/mol. The summed E-state index contributed by atoms with van der Waals surface area (Å²) in [6, 6.07) is 7.99. The molecule has 0 saturated carbocycles. The van der Waals surface area contributed by atoms with Gasteiger partial charge in [-0.25, -0.2) is 0 Å². The molecule has 0 radical (unpaired) electrons. The molecule has 1 aliphatic rings. The first-order valence-electron chi connectivity index (χ1n) is 6.98. The first-order valence-corrected chi connectivity index (χ1v) is 6.98. The van der Waals surface area contributed by atoms with Crippen molar-refractivity contribution in [1.82, 2.24) is 5.32 Å². The van der Waals surface area contributed by atoms with Gasteiger partial charge in [0.15, 0.2) is 0 Å². The predicted octanol–water partition coefficient (Wildman–Crippen LogP) is 2.16. The van der Waals surface area contributed by atoms with E-state index in [2.05, 4.69) is 23.6 Å². The zero-order chi connectivity index (χ0) is 13.5. The Balaban J connectivity index is 1.88. The highest BCUT2D eigenvalue weighted by atomic mass is 16.5. The molecule has 0 spiro atoms. The molecule has 1 aliphatic heterocycles. The summed E-state index contributed by atoms with van der Waals surface area (Å²) in [4.78, 5) is 12.0. The normalized spacial score (nSPS) is 18.5. The molecule has 1 saturated heterocycles. The Morgan fingerprint density at radius 2 is 2.37 bits per heavy atom. The lowest BCUT2D eigenvalue weighted by Crippen LogP contribution is -2.23. The molecule has 1 aromatic carbocycles. The molecule has 104 valence electrons. The molecule has 1 aromatic rings. The second kappa shape index (κ2) is 7.26. The second-order valence-electron chi connectivity index (χ2n) is 4.93. The zero-order valence-corrected chi connectivity index (χ0v) is 11.4. The summed E-state index contributed by atoms with van der Waals surface area (Å²) in [6.45, 7) is 5.23. The Hall–Kier alpha value is -1.39. The van der Waals surface area contributed by atoms with E-state index in [1.807, 2.05) is 18.2 Å². The molecule has 0 aliphatic carbocycles. The SMILES string of the molecule is CCCNCc1cccc(NC(=O)C2CCOC2)c1. The van der Waals surface area contributed by atoms with E-state index in [9.17, 15) is 4.79 Å². The number of anilines is 1. The summed E-state index contributed by atoms with van der Waals surface area (Å²) in [6.07, 6.45) is 1.95. The topological polar surface area (TPSA) is 50.4 Å². The Morgan fingerprint density at radius 3 is 3.11 bits per heavy atom. The number of nitrogens with one attached hydrogen (secondary N) is 2. The van der Waals surface area contributed by atoms with Crippen molar-refractivity contribution in [2.45, 2.75) is 26.3 Å². The van der Waals surface area contributed by atoms with Crippen LogP contribution in [0.25, 0.3) is 0 Å². The maximum absolute atomic E-state index is 12.0. The lowest BCUT2D eigenvalue weighted by Gasteiger charge is -2.11. The van der Waals surface area contributed by atoms with Crippen LogP contribution in [-0.2, 0) is 16.1 Å². The minimum absolute atomic E-state index is 0.00173. The van der Waals surface area contributed by atoms with Crippen LogP contribution < -0.4 is 10.6 Å². The van der Waals surface area contributed by atoms with Gasteiger partial charge in [0.1, 0.15) is 0 Å². The largest absolute Gasteiger partial charge is 0.381 e. The van der Waals surface area contributed by atoms with Gasteiger partial charge in [0, 0.05) is 18.8 Å². The number of amides is 1. The highest BCUT2D eigenvalue weighted by Crippen LogP contribution is 2.16. The standard InChI is InChI=1S/C15H22N2O2/c1-2-7-16-10-12-4-3-5-14(9-12)17-15(18)13-6-8-19-11-13/h3-5,9,13,16H,2,6-8,10-11H2,1H3,(H,17,18). The van der Waals surface area contributed by atoms with Gasteiger partial charge in [-0.05, 0) is 37.1 Å². The van der Waals surface area contributed by atoms with Crippen molar-refractivity contribution in [3.05, 3.63) is 29.8 Å². The van der Waals surface area contributed by atoms with Crippen molar-refractivity contribution < 1.29 is 9.53 Å². The Kier molecular flexibility index (Phi) is 5.36. The fourth-order valence-corrected chi connectivity index (χ4v) is 2.15. The van der Waals surface area contributed by atoms with Gasteiger partial charge in [-0.1, -0.05) is 19.1 Å². The van der Waals surface area contributed by atoms with Gasteiger partial charge in [-0.3, -0.25) is 4.79 Å². The molecule has 0 aromatic heterocycles. The van der Waals surface area contributed by atoms with Crippen molar-refractivity contribution >= 4 is 11.6 Å². The number of ether oxygens (including phenoxy) is 1. The van der Waals surface area contributed by atoms with Crippen LogP contribution in [-0.4, -0.2) is 25.7 Å². The van der Waals surface area contributed by atoms with E-state index >= 15 is 0 Å². The highest BCUT2D eigenvalue weighted by Gasteiger charge is 2.23. The smallest absolute Gasteiger partial charge is 0.229 e. The molecule has 1 fully saturated rings. The van der Waals surface area contributed by atoms with E-state index in [1.54, 1.807) is 0 Å². The molecular weight excluding hydrogens is 240 g/mol. The fraction of sp³-hybridized carbons (Fsp3) is 0.533. The van der Waals surface area contributed by atoms with Crippen molar-refractivity contribution in [3.8, 4) is 0 Å². The predicted molar refractivity (Wildman–Crippen MR) is 76.0 cm³/mol. The first-order chi connectivity index (χ1) is 9.29. The van der Waals surface area contributed by atoms with E-state index in [4.69, 9.17) is 4.74 Å². The van der Waals surface area contributed by atoms with Crippen molar-refractivity contribution in [3.63, 3.8) is 0 Å². The molecule has 0 bridgehead atoms. The Morgan fingerprint density at radius 1 is 1.47 bits per heavy atom. The summed E-state index contributed by atoms with van der Waals surface area (Å²) in [7, 11) is 0. The van der Waals surface area contributed by atoms with Gasteiger partial charge in [0.25, 0.3) is 0 Å². The maximum atomic E-state index is 12.0. The molecule has 4 heteroatoms. The van der Waals surface area contributed by atoms with Crippen LogP contribution in [0.5, 0.6) is 0 Å². The van der Waals surface area contributed by atoms with E-state index in [0.717, 1.165) is 31.6 Å². The fourth-order valence-electron chi connectivity index (χ4n) is 2.15. The van der Waals surface area contributed by atoms with Gasteiger partial charge in [-0.15, -0.1) is 0 Å². The summed E-state index contributed by atoms with van der Waals surface area (Å²) >= 11 is 0. The summed E-state index contributed by atoms with van der Waals surface area (Å²) in [5.74, 6) is 0.0676. The van der Waals surface area contributed by atoms with Crippen molar-refractivity contribution in [2.75, 3.05) is 25.1 Å². The number of benzene rings is 1. The third-order valence-corrected chi connectivity index (χ3v) is 3.25. The molecule has 19 heavy (non-hydrogen) atoms. The van der Waals surface area contributed by atoms with Crippen LogP contribution >= 0.6 is 0 Å². The third-order valence-electron chi connectivity index (χ3n) is 3.25. The molecule has 2 rings (SSSR count).